The Morgan fingerprint density at radius 1 is 1.50 bits per heavy atom. The van der Waals surface area contributed by atoms with Gasteiger partial charge in [0.15, 0.2) is 0 Å². The van der Waals surface area contributed by atoms with E-state index in [0.717, 1.165) is 0 Å². The van der Waals surface area contributed by atoms with Gasteiger partial charge in [-0.05, 0) is 0 Å². The molecule has 0 fully saturated rings. The van der Waals surface area contributed by atoms with Crippen LogP contribution in [0, 0.1) is 0 Å². The van der Waals surface area contributed by atoms with E-state index in [1.54, 1.807) is 0 Å². The van der Waals surface area contributed by atoms with Gasteiger partial charge in [-0.2, -0.15) is 0 Å². The molecule has 0 N–H and O–H groups in total. The average Bonchev–Trinajstić information content (AvgIpc) is 1.21. The fourth-order valence-corrected chi connectivity index (χ4v) is 0.690. The topological polar surface area (TPSA) is 26.3 Å². The van der Waals surface area contributed by atoms with Crippen LogP contribution in [0.5, 0.6) is 0 Å². The fraction of sp³-hybridized carbons (Fsp3) is 0.800. The van der Waals surface area contributed by atoms with Crippen molar-refractivity contribution in [2.45, 2.75) is 26.4 Å². The Morgan fingerprint density at radius 3 is 1.88 bits per heavy atom. The summed E-state index contributed by atoms with van der Waals surface area (Å²) in [6.07, 6.45) is 0. The van der Waals surface area contributed by atoms with E-state index < -0.39 is 0 Å². The van der Waals surface area contributed by atoms with Crippen LogP contribution >= 0.6 is 0 Å². The van der Waals surface area contributed by atoms with Gasteiger partial charge >= 0.3 is 58.0 Å². The summed E-state index contributed by atoms with van der Waals surface area (Å²) in [6.45, 7) is 5.49. The molecule has 0 spiro atoms. The number of ether oxygens (including phenoxy) is 1. The predicted molar refractivity (Wildman–Crippen MR) is 26.2 cm³/mol. The van der Waals surface area contributed by atoms with Crippen LogP contribution in [0.15, 0.2) is 0 Å². The third-order valence-electron chi connectivity index (χ3n) is 0.393. The quantitative estimate of drug-likeness (QED) is 0.525. The van der Waals surface area contributed by atoms with Crippen molar-refractivity contribution in [2.75, 3.05) is 0 Å². The molecule has 0 bridgehead atoms. The Morgan fingerprint density at radius 2 is 1.88 bits per heavy atom. The minimum atomic E-state index is -0.343. The molecule has 46 valence electrons. The van der Waals surface area contributed by atoms with Gasteiger partial charge in [-0.3, -0.25) is 0 Å². The van der Waals surface area contributed by atoms with Crippen LogP contribution in [-0.2, 0) is 22.2 Å². The van der Waals surface area contributed by atoms with E-state index in [9.17, 15) is 4.79 Å². The van der Waals surface area contributed by atoms with E-state index >= 15 is 0 Å². The first kappa shape index (κ1) is 8.05. The van der Waals surface area contributed by atoms with Gasteiger partial charge < -0.3 is 0 Å². The fourth-order valence-electron chi connectivity index (χ4n) is 0.262. The molecule has 0 aromatic carbocycles. The zero-order chi connectivity index (χ0) is 6.78. The van der Waals surface area contributed by atoms with Crippen molar-refractivity contribution in [1.29, 1.82) is 0 Å². The first-order valence-corrected chi connectivity index (χ1v) is 3.03. The van der Waals surface area contributed by atoms with E-state index in [4.69, 9.17) is 4.74 Å². The molecule has 0 saturated heterocycles. The second kappa shape index (κ2) is 2.56. The molecule has 0 heterocycles. The van der Waals surface area contributed by atoms with Gasteiger partial charge in [0.1, 0.15) is 0 Å². The molecule has 0 unspecified atom stereocenters. The summed E-state index contributed by atoms with van der Waals surface area (Å²) >= 11 is 1.82. The minimum absolute atomic E-state index is 0.287. The summed E-state index contributed by atoms with van der Waals surface area (Å²) in [5, 5.41) is 0. The van der Waals surface area contributed by atoms with Gasteiger partial charge in [-0.15, -0.1) is 0 Å². The SMILES string of the molecule is CC(C)(C)O[C](=O)[V]. The van der Waals surface area contributed by atoms with Crippen LogP contribution in [0.1, 0.15) is 20.8 Å². The van der Waals surface area contributed by atoms with Gasteiger partial charge in [0, 0.05) is 0 Å². The molecule has 8 heavy (non-hydrogen) atoms. The van der Waals surface area contributed by atoms with Crippen molar-refractivity contribution in [3.63, 3.8) is 0 Å². The third kappa shape index (κ3) is 6.05. The molecule has 0 amide bonds. The van der Waals surface area contributed by atoms with Gasteiger partial charge in [0.05, 0.1) is 0 Å². The number of carbonyl (C=O) groups excluding carboxylic acids is 1. The summed E-state index contributed by atoms with van der Waals surface area (Å²) < 4.78 is 4.48. The van der Waals surface area contributed by atoms with Crippen molar-refractivity contribution in [3.8, 4) is 0 Å². The monoisotopic (exact) mass is 152 g/mol. The standard InChI is InChI=1S/C5H9O2.V/c1-5(2,3)7-4-6;/h1-3H3;. The molecule has 0 aliphatic heterocycles. The third-order valence-corrected chi connectivity index (χ3v) is 0.536. The van der Waals surface area contributed by atoms with Crippen molar-refractivity contribution in [1.82, 2.24) is 0 Å². The van der Waals surface area contributed by atoms with Crippen LogP contribution in [0.3, 0.4) is 0 Å². The summed E-state index contributed by atoms with van der Waals surface area (Å²) in [4.78, 5) is 10.2. The number of rotatable bonds is 0. The molecule has 0 aliphatic rings. The van der Waals surface area contributed by atoms with E-state index in [2.05, 4.69) is 0 Å². The summed E-state index contributed by atoms with van der Waals surface area (Å²) in [7, 11) is 0. The second-order valence-corrected chi connectivity index (χ2v) is 3.05. The first-order chi connectivity index (χ1) is 3.42. The number of hydrogen-bond acceptors (Lipinski definition) is 2. The average molecular weight is 152 g/mol. The molecule has 0 aliphatic carbocycles. The van der Waals surface area contributed by atoms with Crippen LogP contribution in [-0.4, -0.2) is 10.3 Å². The zero-order valence-electron chi connectivity index (χ0n) is 5.26. The Kier molecular flexibility index (Phi) is 2.58. The van der Waals surface area contributed by atoms with E-state index in [-0.39, 0.29) is 10.3 Å². The normalized spacial score (nSPS) is 10.9. The molecular formula is C5H9O2V. The zero-order valence-corrected chi connectivity index (χ0v) is 6.66. The number of carbonyl (C=O) groups is 1. The molecule has 2 nitrogen and oxygen atoms in total. The van der Waals surface area contributed by atoms with Crippen LogP contribution in [0.4, 0.5) is 4.79 Å². The summed E-state index contributed by atoms with van der Waals surface area (Å²) in [5.74, 6) is 0. The van der Waals surface area contributed by atoms with Crippen LogP contribution in [0.2, 0.25) is 0 Å². The molecule has 0 atom stereocenters. The predicted octanol–water partition coefficient (Wildman–Crippen LogP) is 1.47. The molecule has 0 saturated carbocycles. The Bertz CT molecular complexity index is 93.1. The maximum atomic E-state index is 10.2. The van der Waals surface area contributed by atoms with Gasteiger partial charge in [-0.1, -0.05) is 0 Å². The Labute approximate surface area is 58.6 Å². The van der Waals surface area contributed by atoms with Gasteiger partial charge in [0.2, 0.25) is 0 Å². The second-order valence-electron chi connectivity index (χ2n) is 2.48. The van der Waals surface area contributed by atoms with Crippen molar-refractivity contribution < 1.29 is 27.0 Å². The number of hydrogen-bond donors (Lipinski definition) is 0. The van der Waals surface area contributed by atoms with E-state index in [0.29, 0.717) is 0 Å². The first-order valence-electron chi connectivity index (χ1n) is 2.34. The van der Waals surface area contributed by atoms with E-state index in [1.807, 2.05) is 38.2 Å². The Hall–Kier alpha value is 0.0544. The summed E-state index contributed by atoms with van der Waals surface area (Å²) in [5.41, 5.74) is -0.343. The Balaban J connectivity index is 3.55. The van der Waals surface area contributed by atoms with Crippen molar-refractivity contribution in [3.05, 3.63) is 0 Å². The molecule has 0 aromatic heterocycles. The maximum absolute atomic E-state index is 10.2. The van der Waals surface area contributed by atoms with Crippen LogP contribution in [0.25, 0.3) is 0 Å². The molecule has 0 radical (unpaired) electrons. The molecule has 3 heteroatoms. The van der Waals surface area contributed by atoms with E-state index in [1.165, 1.54) is 0 Å². The molecule has 0 aromatic rings. The van der Waals surface area contributed by atoms with Gasteiger partial charge in [0.25, 0.3) is 0 Å². The molecular weight excluding hydrogens is 143 g/mol. The van der Waals surface area contributed by atoms with Crippen molar-refractivity contribution >= 4 is 4.68 Å². The van der Waals surface area contributed by atoms with Crippen molar-refractivity contribution in [2.24, 2.45) is 0 Å². The molecule has 0 rings (SSSR count). The summed E-state index contributed by atoms with van der Waals surface area (Å²) in [6, 6.07) is 0. The van der Waals surface area contributed by atoms with Gasteiger partial charge in [-0.25, -0.2) is 0 Å². The van der Waals surface area contributed by atoms with Crippen LogP contribution < -0.4 is 0 Å².